The lowest BCUT2D eigenvalue weighted by atomic mass is 10.3. The third-order valence-corrected chi connectivity index (χ3v) is 1.48. The summed E-state index contributed by atoms with van der Waals surface area (Å²) in [5, 5.41) is 11.5. The van der Waals surface area contributed by atoms with Crippen LogP contribution >= 0.6 is 0 Å². The molecule has 1 rings (SSSR count). The molecule has 0 bridgehead atoms. The Morgan fingerprint density at radius 1 is 1.55 bits per heavy atom. The number of aliphatic hydroxyl groups excluding tert-OH is 1. The predicted octanol–water partition coefficient (Wildman–Crippen LogP) is 0.950. The van der Waals surface area contributed by atoms with E-state index in [2.05, 4.69) is 5.32 Å². The van der Waals surface area contributed by atoms with Crippen LogP contribution in [0, 0.1) is 0 Å². The highest BCUT2D eigenvalue weighted by Crippen LogP contribution is 2.00. The Morgan fingerprint density at radius 3 is 3.09 bits per heavy atom. The standard InChI is InChI=1S/C8H13NO2/c10-6-3-1-2-4-8-9-5-7-11-8/h1-3,6,8-10H,4-5,7H2/b2-1-,6-3?. The third kappa shape index (κ3) is 3.20. The Balaban J connectivity index is 2.10. The molecule has 1 unspecified atom stereocenters. The average molecular weight is 155 g/mol. The Labute approximate surface area is 66.4 Å². The van der Waals surface area contributed by atoms with E-state index in [9.17, 15) is 0 Å². The molecule has 0 aromatic carbocycles. The lowest BCUT2D eigenvalue weighted by Gasteiger charge is -2.04. The molecular weight excluding hydrogens is 142 g/mol. The van der Waals surface area contributed by atoms with E-state index >= 15 is 0 Å². The van der Waals surface area contributed by atoms with Crippen LogP contribution in [-0.2, 0) is 4.74 Å². The van der Waals surface area contributed by atoms with Gasteiger partial charge in [-0.3, -0.25) is 5.32 Å². The van der Waals surface area contributed by atoms with Crippen molar-refractivity contribution < 1.29 is 9.84 Å². The van der Waals surface area contributed by atoms with Gasteiger partial charge in [-0.2, -0.15) is 0 Å². The van der Waals surface area contributed by atoms with Crippen LogP contribution < -0.4 is 5.32 Å². The number of hydrogen-bond donors (Lipinski definition) is 2. The van der Waals surface area contributed by atoms with E-state index in [-0.39, 0.29) is 6.23 Å². The van der Waals surface area contributed by atoms with Gasteiger partial charge < -0.3 is 9.84 Å². The van der Waals surface area contributed by atoms with Crippen molar-refractivity contribution in [1.29, 1.82) is 0 Å². The summed E-state index contributed by atoms with van der Waals surface area (Å²) >= 11 is 0. The minimum Gasteiger partial charge on any atom is -0.516 e. The fourth-order valence-corrected chi connectivity index (χ4v) is 0.962. The molecule has 0 aliphatic carbocycles. The van der Waals surface area contributed by atoms with Gasteiger partial charge in [-0.1, -0.05) is 12.2 Å². The van der Waals surface area contributed by atoms with Gasteiger partial charge in [0.15, 0.2) is 0 Å². The van der Waals surface area contributed by atoms with Gasteiger partial charge in [0, 0.05) is 13.0 Å². The van der Waals surface area contributed by atoms with Crippen molar-refractivity contribution in [2.45, 2.75) is 12.6 Å². The van der Waals surface area contributed by atoms with Crippen molar-refractivity contribution in [1.82, 2.24) is 5.32 Å². The zero-order valence-corrected chi connectivity index (χ0v) is 6.36. The molecule has 1 aliphatic heterocycles. The molecule has 1 saturated heterocycles. The van der Waals surface area contributed by atoms with Gasteiger partial charge in [0.2, 0.25) is 0 Å². The lowest BCUT2D eigenvalue weighted by Crippen LogP contribution is -2.21. The van der Waals surface area contributed by atoms with Crippen molar-refractivity contribution in [3.63, 3.8) is 0 Å². The zero-order valence-electron chi connectivity index (χ0n) is 6.36. The molecule has 62 valence electrons. The number of aliphatic hydroxyl groups is 1. The van der Waals surface area contributed by atoms with Gasteiger partial charge in [-0.25, -0.2) is 0 Å². The van der Waals surface area contributed by atoms with Crippen molar-refractivity contribution in [3.8, 4) is 0 Å². The van der Waals surface area contributed by atoms with Gasteiger partial charge in [0.1, 0.15) is 6.23 Å². The molecule has 11 heavy (non-hydrogen) atoms. The summed E-state index contributed by atoms with van der Waals surface area (Å²) in [6, 6.07) is 0. The maximum absolute atomic E-state index is 8.28. The predicted molar refractivity (Wildman–Crippen MR) is 43.3 cm³/mol. The van der Waals surface area contributed by atoms with Gasteiger partial charge >= 0.3 is 0 Å². The second-order valence-electron chi connectivity index (χ2n) is 2.32. The molecule has 0 amide bonds. The van der Waals surface area contributed by atoms with Gasteiger partial charge in [-0.05, 0) is 6.08 Å². The first-order valence-electron chi connectivity index (χ1n) is 3.74. The molecule has 1 heterocycles. The van der Waals surface area contributed by atoms with E-state index in [0.717, 1.165) is 25.8 Å². The van der Waals surface area contributed by atoms with Crippen molar-refractivity contribution >= 4 is 0 Å². The fourth-order valence-electron chi connectivity index (χ4n) is 0.962. The molecular formula is C8H13NO2. The lowest BCUT2D eigenvalue weighted by molar-refractivity contribution is 0.104. The molecule has 1 fully saturated rings. The summed E-state index contributed by atoms with van der Waals surface area (Å²) in [6.07, 6.45) is 7.36. The third-order valence-electron chi connectivity index (χ3n) is 1.48. The fraction of sp³-hybridized carbons (Fsp3) is 0.500. The topological polar surface area (TPSA) is 41.5 Å². The van der Waals surface area contributed by atoms with E-state index in [4.69, 9.17) is 9.84 Å². The summed E-state index contributed by atoms with van der Waals surface area (Å²) in [4.78, 5) is 0. The molecule has 1 atom stereocenters. The number of rotatable bonds is 3. The highest BCUT2D eigenvalue weighted by Gasteiger charge is 2.11. The Bertz CT molecular complexity index is 148. The SMILES string of the molecule is OC=C/C=C\CC1NCCO1. The molecule has 2 N–H and O–H groups in total. The van der Waals surface area contributed by atoms with Crippen LogP contribution in [0.15, 0.2) is 24.5 Å². The van der Waals surface area contributed by atoms with E-state index < -0.39 is 0 Å². The first-order chi connectivity index (χ1) is 5.43. The molecule has 0 aromatic heterocycles. The maximum Gasteiger partial charge on any atom is 0.111 e. The number of ether oxygens (including phenoxy) is 1. The average Bonchev–Trinajstić information content (AvgIpc) is 2.50. The van der Waals surface area contributed by atoms with Crippen LogP contribution in [0.3, 0.4) is 0 Å². The Kier molecular flexibility index (Phi) is 3.72. The zero-order chi connectivity index (χ0) is 7.94. The highest BCUT2D eigenvalue weighted by atomic mass is 16.5. The van der Waals surface area contributed by atoms with E-state index in [1.165, 1.54) is 0 Å². The second kappa shape index (κ2) is 4.93. The Hall–Kier alpha value is -0.800. The number of nitrogens with one attached hydrogen (secondary N) is 1. The minimum absolute atomic E-state index is 0.165. The largest absolute Gasteiger partial charge is 0.516 e. The quantitative estimate of drug-likeness (QED) is 0.471. The molecule has 0 saturated carbocycles. The molecule has 0 radical (unpaired) electrons. The summed E-state index contributed by atoms with van der Waals surface area (Å²) in [7, 11) is 0. The highest BCUT2D eigenvalue weighted by molar-refractivity contribution is 4.99. The van der Waals surface area contributed by atoms with Crippen LogP contribution in [0.4, 0.5) is 0 Å². The summed E-state index contributed by atoms with van der Waals surface area (Å²) in [5.41, 5.74) is 0. The monoisotopic (exact) mass is 155 g/mol. The summed E-state index contributed by atoms with van der Waals surface area (Å²) in [5.74, 6) is 0. The van der Waals surface area contributed by atoms with Crippen LogP contribution in [0.1, 0.15) is 6.42 Å². The van der Waals surface area contributed by atoms with Crippen molar-refractivity contribution in [2.24, 2.45) is 0 Å². The molecule has 3 heteroatoms. The van der Waals surface area contributed by atoms with E-state index in [1.807, 2.05) is 6.08 Å². The van der Waals surface area contributed by atoms with Crippen LogP contribution in [-0.4, -0.2) is 24.5 Å². The van der Waals surface area contributed by atoms with Crippen LogP contribution in [0.2, 0.25) is 0 Å². The van der Waals surface area contributed by atoms with Crippen LogP contribution in [0.25, 0.3) is 0 Å². The van der Waals surface area contributed by atoms with Crippen molar-refractivity contribution in [2.75, 3.05) is 13.2 Å². The minimum atomic E-state index is 0.165. The van der Waals surface area contributed by atoms with Gasteiger partial charge in [0.05, 0.1) is 12.9 Å². The molecule has 0 spiro atoms. The van der Waals surface area contributed by atoms with Crippen molar-refractivity contribution in [3.05, 3.63) is 24.5 Å². The van der Waals surface area contributed by atoms with Gasteiger partial charge in [-0.15, -0.1) is 0 Å². The summed E-state index contributed by atoms with van der Waals surface area (Å²) in [6.45, 7) is 1.74. The first-order valence-corrected chi connectivity index (χ1v) is 3.74. The van der Waals surface area contributed by atoms with Crippen LogP contribution in [0.5, 0.6) is 0 Å². The molecule has 0 aromatic rings. The molecule has 1 aliphatic rings. The van der Waals surface area contributed by atoms with Gasteiger partial charge in [0.25, 0.3) is 0 Å². The second-order valence-corrected chi connectivity index (χ2v) is 2.32. The first kappa shape index (κ1) is 8.30. The number of allylic oxidation sites excluding steroid dienone is 2. The normalized spacial score (nSPS) is 25.6. The summed E-state index contributed by atoms with van der Waals surface area (Å²) < 4.78 is 5.28. The smallest absolute Gasteiger partial charge is 0.111 e. The van der Waals surface area contributed by atoms with E-state index in [1.54, 1.807) is 12.2 Å². The Morgan fingerprint density at radius 2 is 2.45 bits per heavy atom. The van der Waals surface area contributed by atoms with E-state index in [0.29, 0.717) is 0 Å². The molecule has 3 nitrogen and oxygen atoms in total. The number of hydrogen-bond acceptors (Lipinski definition) is 3. The maximum atomic E-state index is 8.28.